The lowest BCUT2D eigenvalue weighted by Gasteiger charge is -2.08. The van der Waals surface area contributed by atoms with Gasteiger partial charge in [0.1, 0.15) is 5.02 Å². The topological polar surface area (TPSA) is 110 Å². The largest absolute Gasteiger partial charge is 0.481 e. The number of nitrogens with one attached hydrogen (secondary N) is 1. The molecule has 102 valence electrons. The molecule has 1 rings (SSSR count). The van der Waals surface area contributed by atoms with Crippen LogP contribution in [0.25, 0.3) is 0 Å². The standard InChI is InChI=1S/C11H11ClN2O5/c1-6(11(16)17)5-13-10(15)7-2-3-8(12)9(4-7)14(18)19/h2-4,6H,5H2,1H3,(H,13,15)(H,16,17). The molecule has 0 aliphatic carbocycles. The molecule has 1 aromatic rings. The van der Waals surface area contributed by atoms with E-state index in [9.17, 15) is 19.7 Å². The van der Waals surface area contributed by atoms with E-state index in [1.54, 1.807) is 0 Å². The molecule has 1 amide bonds. The molecule has 2 N–H and O–H groups in total. The Hall–Kier alpha value is -2.15. The fourth-order valence-electron chi connectivity index (χ4n) is 1.23. The molecule has 0 aromatic heterocycles. The Morgan fingerprint density at radius 2 is 2.16 bits per heavy atom. The second-order valence-electron chi connectivity index (χ2n) is 3.87. The Bertz CT molecular complexity index is 532. The number of benzene rings is 1. The van der Waals surface area contributed by atoms with Crippen molar-refractivity contribution in [1.82, 2.24) is 5.32 Å². The summed E-state index contributed by atoms with van der Waals surface area (Å²) in [5.41, 5.74) is -0.325. The van der Waals surface area contributed by atoms with Crippen molar-refractivity contribution in [1.29, 1.82) is 0 Å². The predicted octanol–water partition coefficient (Wildman–Crippen LogP) is 1.70. The molecule has 0 saturated heterocycles. The number of nitro benzene ring substituents is 1. The Morgan fingerprint density at radius 3 is 2.68 bits per heavy atom. The average Bonchev–Trinajstić information content (AvgIpc) is 2.35. The molecule has 0 bridgehead atoms. The van der Waals surface area contributed by atoms with E-state index in [1.165, 1.54) is 19.1 Å². The number of hydrogen-bond donors (Lipinski definition) is 2. The molecular weight excluding hydrogens is 276 g/mol. The third-order valence-electron chi connectivity index (χ3n) is 2.40. The molecular formula is C11H11ClN2O5. The first-order valence-corrected chi connectivity index (χ1v) is 5.65. The van der Waals surface area contributed by atoms with Crippen LogP contribution in [0.5, 0.6) is 0 Å². The van der Waals surface area contributed by atoms with Gasteiger partial charge < -0.3 is 10.4 Å². The Morgan fingerprint density at radius 1 is 1.53 bits per heavy atom. The summed E-state index contributed by atoms with van der Waals surface area (Å²) in [6.45, 7) is 1.37. The van der Waals surface area contributed by atoms with Crippen molar-refractivity contribution in [3.05, 3.63) is 38.9 Å². The number of carbonyl (C=O) groups is 2. The van der Waals surface area contributed by atoms with Gasteiger partial charge in [-0.15, -0.1) is 0 Å². The lowest BCUT2D eigenvalue weighted by atomic mass is 10.1. The second-order valence-corrected chi connectivity index (χ2v) is 4.28. The van der Waals surface area contributed by atoms with Gasteiger partial charge in [-0.3, -0.25) is 19.7 Å². The number of nitrogens with zero attached hydrogens (tertiary/aromatic N) is 1. The van der Waals surface area contributed by atoms with Crippen LogP contribution >= 0.6 is 11.6 Å². The van der Waals surface area contributed by atoms with Crippen molar-refractivity contribution in [2.45, 2.75) is 6.92 Å². The zero-order chi connectivity index (χ0) is 14.6. The highest BCUT2D eigenvalue weighted by molar-refractivity contribution is 6.32. The van der Waals surface area contributed by atoms with Gasteiger partial charge in [-0.1, -0.05) is 18.5 Å². The van der Waals surface area contributed by atoms with Crippen LogP contribution in [-0.2, 0) is 4.79 Å². The molecule has 19 heavy (non-hydrogen) atoms. The van der Waals surface area contributed by atoms with Crippen molar-refractivity contribution >= 4 is 29.2 Å². The van der Waals surface area contributed by atoms with Crippen LogP contribution in [0.3, 0.4) is 0 Å². The van der Waals surface area contributed by atoms with Crippen LogP contribution in [0.4, 0.5) is 5.69 Å². The SMILES string of the molecule is CC(CNC(=O)c1ccc(Cl)c([N+](=O)[O-])c1)C(=O)O. The minimum atomic E-state index is -1.04. The molecule has 1 aromatic carbocycles. The molecule has 8 heteroatoms. The monoisotopic (exact) mass is 286 g/mol. The van der Waals surface area contributed by atoms with E-state index in [-0.39, 0.29) is 22.8 Å². The first-order valence-electron chi connectivity index (χ1n) is 5.28. The first-order chi connectivity index (χ1) is 8.82. The quantitative estimate of drug-likeness (QED) is 0.632. The number of rotatable bonds is 5. The van der Waals surface area contributed by atoms with Crippen LogP contribution in [0, 0.1) is 16.0 Å². The van der Waals surface area contributed by atoms with Crippen LogP contribution < -0.4 is 5.32 Å². The van der Waals surface area contributed by atoms with Crippen LogP contribution in [-0.4, -0.2) is 28.5 Å². The van der Waals surface area contributed by atoms with Crippen molar-refractivity contribution < 1.29 is 19.6 Å². The first kappa shape index (κ1) is 14.9. The van der Waals surface area contributed by atoms with E-state index < -0.39 is 22.7 Å². The van der Waals surface area contributed by atoms with E-state index in [0.717, 1.165) is 6.07 Å². The molecule has 0 aliphatic heterocycles. The highest BCUT2D eigenvalue weighted by Crippen LogP contribution is 2.24. The highest BCUT2D eigenvalue weighted by atomic mass is 35.5. The maximum Gasteiger partial charge on any atom is 0.308 e. The lowest BCUT2D eigenvalue weighted by Crippen LogP contribution is -2.31. The minimum absolute atomic E-state index is 0.0497. The zero-order valence-electron chi connectivity index (χ0n) is 9.92. The number of hydrogen-bond acceptors (Lipinski definition) is 4. The molecule has 1 unspecified atom stereocenters. The van der Waals surface area contributed by atoms with E-state index >= 15 is 0 Å². The number of halogens is 1. The van der Waals surface area contributed by atoms with Crippen LogP contribution in [0.15, 0.2) is 18.2 Å². The fourth-order valence-corrected chi connectivity index (χ4v) is 1.42. The molecule has 0 fully saturated rings. The average molecular weight is 287 g/mol. The van der Waals surface area contributed by atoms with Gasteiger partial charge >= 0.3 is 5.97 Å². The highest BCUT2D eigenvalue weighted by Gasteiger charge is 2.17. The van der Waals surface area contributed by atoms with Gasteiger partial charge in [0.25, 0.3) is 11.6 Å². The summed E-state index contributed by atoms with van der Waals surface area (Å²) < 4.78 is 0. The molecule has 1 atom stereocenters. The van der Waals surface area contributed by atoms with Gasteiger partial charge in [0, 0.05) is 18.2 Å². The third-order valence-corrected chi connectivity index (χ3v) is 2.72. The summed E-state index contributed by atoms with van der Waals surface area (Å²) in [6, 6.07) is 3.62. The molecule has 0 radical (unpaired) electrons. The summed E-state index contributed by atoms with van der Waals surface area (Å²) in [7, 11) is 0. The number of amides is 1. The summed E-state index contributed by atoms with van der Waals surface area (Å²) in [5.74, 6) is -2.37. The number of carboxylic acids is 1. The number of aliphatic carboxylic acids is 1. The number of carboxylic acid groups (broad SMARTS) is 1. The Balaban J connectivity index is 2.80. The summed E-state index contributed by atoms with van der Waals surface area (Å²) in [4.78, 5) is 32.2. The maximum absolute atomic E-state index is 11.7. The minimum Gasteiger partial charge on any atom is -0.481 e. The van der Waals surface area contributed by atoms with Crippen molar-refractivity contribution in [3.8, 4) is 0 Å². The van der Waals surface area contributed by atoms with Crippen LogP contribution in [0.1, 0.15) is 17.3 Å². The van der Waals surface area contributed by atoms with E-state index in [0.29, 0.717) is 0 Å². The maximum atomic E-state index is 11.7. The van der Waals surface area contributed by atoms with Gasteiger partial charge in [-0.25, -0.2) is 0 Å². The van der Waals surface area contributed by atoms with E-state index in [4.69, 9.17) is 16.7 Å². The Kier molecular flexibility index (Phi) is 4.82. The molecule has 0 heterocycles. The predicted molar refractivity (Wildman–Crippen MR) is 67.2 cm³/mol. The van der Waals surface area contributed by atoms with Gasteiger partial charge in [0.15, 0.2) is 0 Å². The number of carbonyl (C=O) groups excluding carboxylic acids is 1. The summed E-state index contributed by atoms with van der Waals surface area (Å²) >= 11 is 5.61. The fraction of sp³-hybridized carbons (Fsp3) is 0.273. The molecule has 0 saturated carbocycles. The number of nitro groups is 1. The lowest BCUT2D eigenvalue weighted by molar-refractivity contribution is -0.384. The van der Waals surface area contributed by atoms with Gasteiger partial charge in [0.2, 0.25) is 0 Å². The normalized spacial score (nSPS) is 11.7. The Labute approximate surface area is 113 Å². The summed E-state index contributed by atoms with van der Waals surface area (Å²) in [5, 5.41) is 21.6. The third kappa shape index (κ3) is 3.92. The van der Waals surface area contributed by atoms with Crippen molar-refractivity contribution in [3.63, 3.8) is 0 Å². The molecule has 0 aliphatic rings. The zero-order valence-corrected chi connectivity index (χ0v) is 10.7. The van der Waals surface area contributed by atoms with Crippen molar-refractivity contribution in [2.24, 2.45) is 5.92 Å². The van der Waals surface area contributed by atoms with Crippen molar-refractivity contribution in [2.75, 3.05) is 6.54 Å². The van der Waals surface area contributed by atoms with Gasteiger partial charge in [-0.2, -0.15) is 0 Å². The van der Waals surface area contributed by atoms with E-state index in [1.807, 2.05) is 0 Å². The van der Waals surface area contributed by atoms with Gasteiger partial charge in [-0.05, 0) is 12.1 Å². The smallest absolute Gasteiger partial charge is 0.308 e. The molecule has 7 nitrogen and oxygen atoms in total. The summed E-state index contributed by atoms with van der Waals surface area (Å²) in [6.07, 6.45) is 0. The second kappa shape index (κ2) is 6.14. The van der Waals surface area contributed by atoms with E-state index in [2.05, 4.69) is 5.32 Å². The van der Waals surface area contributed by atoms with Crippen LogP contribution in [0.2, 0.25) is 5.02 Å². The van der Waals surface area contributed by atoms with Gasteiger partial charge in [0.05, 0.1) is 10.8 Å². The molecule has 0 spiro atoms.